The highest BCUT2D eigenvalue weighted by Crippen LogP contribution is 2.23. The highest BCUT2D eigenvalue weighted by Gasteiger charge is 2.17. The first kappa shape index (κ1) is 17.0. The van der Waals surface area contributed by atoms with Crippen molar-refractivity contribution in [3.8, 4) is 0 Å². The number of nitrogens with zero attached hydrogens (tertiary/aromatic N) is 1. The minimum atomic E-state index is 0.00733. The van der Waals surface area contributed by atoms with Gasteiger partial charge >= 0.3 is 0 Å². The van der Waals surface area contributed by atoms with Gasteiger partial charge in [0, 0.05) is 18.9 Å². The number of carbonyl (C=O) groups excluding carboxylic acids is 1. The Kier molecular flexibility index (Phi) is 5.34. The van der Waals surface area contributed by atoms with E-state index in [-0.39, 0.29) is 11.9 Å². The zero-order chi connectivity index (χ0) is 17.6. The predicted molar refractivity (Wildman–Crippen MR) is 101 cm³/mol. The van der Waals surface area contributed by atoms with Crippen LogP contribution >= 0.6 is 0 Å². The summed E-state index contributed by atoms with van der Waals surface area (Å²) in [5.41, 5.74) is 4.70. The molecule has 0 aliphatic carbocycles. The third-order valence-electron chi connectivity index (χ3n) is 4.40. The summed E-state index contributed by atoms with van der Waals surface area (Å²) in [6.07, 6.45) is 4.45. The summed E-state index contributed by atoms with van der Waals surface area (Å²) in [4.78, 5) is 12.5. The molecule has 1 N–H and O–H groups in total. The number of rotatable bonds is 6. The van der Waals surface area contributed by atoms with Gasteiger partial charge in [-0.3, -0.25) is 4.79 Å². The smallest absolute Gasteiger partial charge is 0.222 e. The van der Waals surface area contributed by atoms with E-state index in [0.717, 1.165) is 11.1 Å². The van der Waals surface area contributed by atoms with Crippen LogP contribution in [0.15, 0.2) is 73.1 Å². The lowest BCUT2D eigenvalue weighted by Crippen LogP contribution is -2.26. The molecular weight excluding hydrogens is 308 g/mol. The second-order valence-corrected chi connectivity index (χ2v) is 6.53. The lowest BCUT2D eigenvalue weighted by Gasteiger charge is -2.20. The standard InChI is InChI=1S/C22H24N2O/c1-17-8-10-19(11-9-17)16-23-22(25)15-21(24-12-3-4-13-24)20-7-5-6-18(2)14-20/h3-14,21H,15-16H2,1-2H3,(H,23,25)/t21-/m1/s1. The molecule has 3 nitrogen and oxygen atoms in total. The highest BCUT2D eigenvalue weighted by atomic mass is 16.1. The molecule has 3 heteroatoms. The average molecular weight is 332 g/mol. The van der Waals surface area contributed by atoms with E-state index in [9.17, 15) is 4.79 Å². The van der Waals surface area contributed by atoms with Gasteiger partial charge in [0.05, 0.1) is 12.5 Å². The fourth-order valence-electron chi connectivity index (χ4n) is 2.98. The monoisotopic (exact) mass is 332 g/mol. The molecule has 0 saturated carbocycles. The maximum absolute atomic E-state index is 12.5. The maximum atomic E-state index is 12.5. The Morgan fingerprint density at radius 1 is 0.960 bits per heavy atom. The maximum Gasteiger partial charge on any atom is 0.222 e. The van der Waals surface area contributed by atoms with Crippen molar-refractivity contribution in [1.29, 1.82) is 0 Å². The van der Waals surface area contributed by atoms with Crippen molar-refractivity contribution in [2.45, 2.75) is 32.9 Å². The Morgan fingerprint density at radius 3 is 2.36 bits per heavy atom. The molecule has 0 fully saturated rings. The molecule has 0 saturated heterocycles. The topological polar surface area (TPSA) is 34.0 Å². The Labute approximate surface area is 149 Å². The molecule has 0 bridgehead atoms. The van der Waals surface area contributed by atoms with Crippen molar-refractivity contribution in [1.82, 2.24) is 9.88 Å². The van der Waals surface area contributed by atoms with E-state index in [2.05, 4.69) is 66.2 Å². The van der Waals surface area contributed by atoms with E-state index in [1.54, 1.807) is 0 Å². The van der Waals surface area contributed by atoms with Gasteiger partial charge < -0.3 is 9.88 Å². The molecule has 2 aromatic carbocycles. The fourth-order valence-corrected chi connectivity index (χ4v) is 2.98. The summed E-state index contributed by atoms with van der Waals surface area (Å²) in [5, 5.41) is 3.04. The Morgan fingerprint density at radius 2 is 1.68 bits per heavy atom. The molecule has 1 amide bonds. The second kappa shape index (κ2) is 7.84. The van der Waals surface area contributed by atoms with Crippen LogP contribution in [0.4, 0.5) is 0 Å². The summed E-state index contributed by atoms with van der Waals surface area (Å²) in [5.74, 6) is 0.0563. The van der Waals surface area contributed by atoms with Crippen LogP contribution in [0.2, 0.25) is 0 Å². The normalized spacial score (nSPS) is 11.9. The van der Waals surface area contributed by atoms with Gasteiger partial charge in [0.1, 0.15) is 0 Å². The molecule has 0 aliphatic heterocycles. The summed E-state index contributed by atoms with van der Waals surface area (Å²) < 4.78 is 2.10. The van der Waals surface area contributed by atoms with Crippen molar-refractivity contribution in [2.75, 3.05) is 0 Å². The second-order valence-electron chi connectivity index (χ2n) is 6.53. The quantitative estimate of drug-likeness (QED) is 0.713. The number of hydrogen-bond acceptors (Lipinski definition) is 1. The highest BCUT2D eigenvalue weighted by molar-refractivity contribution is 5.76. The minimum Gasteiger partial charge on any atom is -0.352 e. The van der Waals surface area contributed by atoms with Gasteiger partial charge in [-0.25, -0.2) is 0 Å². The van der Waals surface area contributed by atoms with Crippen molar-refractivity contribution in [2.24, 2.45) is 0 Å². The van der Waals surface area contributed by atoms with E-state index < -0.39 is 0 Å². The average Bonchev–Trinajstić information content (AvgIpc) is 3.13. The van der Waals surface area contributed by atoms with Crippen molar-refractivity contribution < 1.29 is 4.79 Å². The van der Waals surface area contributed by atoms with Gasteiger partial charge in [-0.15, -0.1) is 0 Å². The molecule has 128 valence electrons. The van der Waals surface area contributed by atoms with Gasteiger partial charge in [-0.05, 0) is 37.1 Å². The van der Waals surface area contributed by atoms with Crippen LogP contribution in [-0.4, -0.2) is 10.5 Å². The molecule has 1 atom stereocenters. The lowest BCUT2D eigenvalue weighted by molar-refractivity contribution is -0.121. The fraction of sp³-hybridized carbons (Fsp3) is 0.227. The molecule has 0 radical (unpaired) electrons. The predicted octanol–water partition coefficient (Wildman–Crippen LogP) is 4.40. The number of aromatic nitrogens is 1. The van der Waals surface area contributed by atoms with E-state index in [0.29, 0.717) is 13.0 Å². The molecule has 0 unspecified atom stereocenters. The van der Waals surface area contributed by atoms with Crippen LogP contribution < -0.4 is 5.32 Å². The third-order valence-corrected chi connectivity index (χ3v) is 4.40. The van der Waals surface area contributed by atoms with Gasteiger partial charge in [0.25, 0.3) is 0 Å². The van der Waals surface area contributed by atoms with Crippen LogP contribution in [-0.2, 0) is 11.3 Å². The van der Waals surface area contributed by atoms with Gasteiger partial charge in [0.15, 0.2) is 0 Å². The van der Waals surface area contributed by atoms with Crippen molar-refractivity contribution >= 4 is 5.91 Å². The summed E-state index contributed by atoms with van der Waals surface area (Å²) in [6.45, 7) is 4.70. The number of hydrogen-bond donors (Lipinski definition) is 1. The van der Waals surface area contributed by atoms with Crippen LogP contribution in [0.25, 0.3) is 0 Å². The van der Waals surface area contributed by atoms with E-state index >= 15 is 0 Å². The van der Waals surface area contributed by atoms with Gasteiger partial charge in [0.2, 0.25) is 5.91 Å². The molecule has 0 aliphatic rings. The molecular formula is C22H24N2O. The first-order valence-corrected chi connectivity index (χ1v) is 8.63. The first-order chi connectivity index (χ1) is 12.1. The first-order valence-electron chi connectivity index (χ1n) is 8.63. The SMILES string of the molecule is Cc1ccc(CNC(=O)C[C@H](c2cccc(C)c2)n2cccc2)cc1. The minimum absolute atomic E-state index is 0.00733. The number of carbonyl (C=O) groups is 1. The number of aryl methyl sites for hydroxylation is 2. The largest absolute Gasteiger partial charge is 0.352 e. The lowest BCUT2D eigenvalue weighted by atomic mass is 10.0. The third kappa shape index (κ3) is 4.60. The van der Waals surface area contributed by atoms with Gasteiger partial charge in [-0.2, -0.15) is 0 Å². The zero-order valence-corrected chi connectivity index (χ0v) is 14.8. The van der Waals surface area contributed by atoms with E-state index in [1.165, 1.54) is 11.1 Å². The van der Waals surface area contributed by atoms with E-state index in [1.807, 2.05) is 30.6 Å². The molecule has 1 aromatic heterocycles. The number of nitrogens with one attached hydrogen (secondary N) is 1. The zero-order valence-electron chi connectivity index (χ0n) is 14.8. The molecule has 0 spiro atoms. The molecule has 1 heterocycles. The Bertz CT molecular complexity index is 819. The van der Waals surface area contributed by atoms with Crippen LogP contribution in [0.1, 0.15) is 34.7 Å². The summed E-state index contributed by atoms with van der Waals surface area (Å²) >= 11 is 0. The summed E-state index contributed by atoms with van der Waals surface area (Å²) in [7, 11) is 0. The van der Waals surface area contributed by atoms with Crippen LogP contribution in [0, 0.1) is 13.8 Å². The van der Waals surface area contributed by atoms with Crippen molar-refractivity contribution in [3.05, 3.63) is 95.3 Å². The van der Waals surface area contributed by atoms with E-state index in [4.69, 9.17) is 0 Å². The van der Waals surface area contributed by atoms with Crippen LogP contribution in [0.3, 0.4) is 0 Å². The van der Waals surface area contributed by atoms with Gasteiger partial charge in [-0.1, -0.05) is 59.7 Å². The summed E-state index contributed by atoms with van der Waals surface area (Å²) in [6, 6.07) is 20.6. The number of amides is 1. The Balaban J connectivity index is 1.69. The molecule has 3 rings (SSSR count). The van der Waals surface area contributed by atoms with Crippen molar-refractivity contribution in [3.63, 3.8) is 0 Å². The Hall–Kier alpha value is -2.81. The molecule has 25 heavy (non-hydrogen) atoms. The number of benzene rings is 2. The molecule has 3 aromatic rings. The van der Waals surface area contributed by atoms with Crippen LogP contribution in [0.5, 0.6) is 0 Å².